The summed E-state index contributed by atoms with van der Waals surface area (Å²) in [6.45, 7) is 7.02. The maximum absolute atomic E-state index is 10.9. The molecule has 10 heteroatoms. The van der Waals surface area contributed by atoms with Gasteiger partial charge in [0.1, 0.15) is 12.3 Å². The Morgan fingerprint density at radius 1 is 0.774 bits per heavy atom. The smallest absolute Gasteiger partial charge is 0.316 e. The molecular weight excluding hydrogens is 668 g/mol. The SMILES string of the molecule is CCCCCCCCCCCCCCCCCCOCC(COCCOCCN1C=C[N+](=CCCCc2ccc(C(=O)[O-])cc2)C1)Oc1ncccn1. The molecule has 0 radical (unpaired) electrons. The van der Waals surface area contributed by atoms with Gasteiger partial charge in [-0.05, 0) is 36.5 Å². The molecule has 2 aromatic rings. The fourth-order valence-electron chi connectivity index (χ4n) is 6.31. The van der Waals surface area contributed by atoms with Crippen LogP contribution in [0.15, 0.2) is 55.1 Å². The predicted molar refractivity (Wildman–Crippen MR) is 209 cm³/mol. The van der Waals surface area contributed by atoms with Crippen LogP contribution < -0.4 is 9.84 Å². The molecule has 0 aliphatic carbocycles. The second kappa shape index (κ2) is 30.0. The molecule has 0 spiro atoms. The lowest BCUT2D eigenvalue weighted by atomic mass is 10.0. The Morgan fingerprint density at radius 2 is 1.36 bits per heavy atom. The maximum atomic E-state index is 10.9. The predicted octanol–water partition coefficient (Wildman–Crippen LogP) is 7.75. The van der Waals surface area contributed by atoms with Gasteiger partial charge >= 0.3 is 6.01 Å². The molecule has 53 heavy (non-hydrogen) atoms. The first-order chi connectivity index (χ1) is 26.1. The maximum Gasteiger partial charge on any atom is 0.316 e. The van der Waals surface area contributed by atoms with E-state index < -0.39 is 5.97 Å². The van der Waals surface area contributed by atoms with Crippen LogP contribution in [0.1, 0.15) is 138 Å². The lowest BCUT2D eigenvalue weighted by Crippen LogP contribution is -2.30. The Kier molecular flexibility index (Phi) is 25.0. The minimum Gasteiger partial charge on any atom is -0.545 e. The Labute approximate surface area is 320 Å². The summed E-state index contributed by atoms with van der Waals surface area (Å²) >= 11 is 0. The van der Waals surface area contributed by atoms with Crippen molar-refractivity contribution in [2.24, 2.45) is 0 Å². The van der Waals surface area contributed by atoms with Crippen molar-refractivity contribution in [1.82, 2.24) is 14.9 Å². The van der Waals surface area contributed by atoms with Crippen LogP contribution in [-0.4, -0.2) is 90.6 Å². The Bertz CT molecular complexity index is 1240. The van der Waals surface area contributed by atoms with Crippen LogP contribution in [0.3, 0.4) is 0 Å². The van der Waals surface area contributed by atoms with Crippen LogP contribution in [0.5, 0.6) is 6.01 Å². The van der Waals surface area contributed by atoms with Crippen LogP contribution in [0.4, 0.5) is 0 Å². The molecule has 0 N–H and O–H groups in total. The van der Waals surface area contributed by atoms with E-state index in [1.54, 1.807) is 30.6 Å². The average Bonchev–Trinajstić information content (AvgIpc) is 3.63. The van der Waals surface area contributed by atoms with Crippen LogP contribution in [0.25, 0.3) is 0 Å². The van der Waals surface area contributed by atoms with Crippen molar-refractivity contribution in [2.45, 2.75) is 135 Å². The molecule has 1 atom stereocenters. The number of nitrogens with zero attached hydrogens (tertiary/aromatic N) is 4. The van der Waals surface area contributed by atoms with E-state index in [-0.39, 0.29) is 11.7 Å². The van der Waals surface area contributed by atoms with Crippen LogP contribution in [0, 0.1) is 0 Å². The summed E-state index contributed by atoms with van der Waals surface area (Å²) in [6, 6.07) is 9.03. The lowest BCUT2D eigenvalue weighted by Gasteiger charge is -2.18. The van der Waals surface area contributed by atoms with E-state index in [1.165, 1.54) is 96.3 Å². The molecule has 2 heterocycles. The van der Waals surface area contributed by atoms with E-state index in [0.717, 1.165) is 51.1 Å². The highest BCUT2D eigenvalue weighted by atomic mass is 16.6. The number of aromatic carboxylic acids is 1. The zero-order valence-electron chi connectivity index (χ0n) is 32.7. The minimum absolute atomic E-state index is 0.216. The molecule has 1 aliphatic heterocycles. The number of unbranched alkanes of at least 4 members (excludes halogenated alkanes) is 16. The second-order valence-electron chi connectivity index (χ2n) is 14.2. The van der Waals surface area contributed by atoms with E-state index in [1.807, 2.05) is 12.1 Å². The van der Waals surface area contributed by atoms with Gasteiger partial charge in [0.25, 0.3) is 0 Å². The van der Waals surface area contributed by atoms with Crippen molar-refractivity contribution < 1.29 is 33.4 Å². The van der Waals surface area contributed by atoms with Gasteiger partial charge < -0.3 is 33.7 Å². The largest absolute Gasteiger partial charge is 0.545 e. The Balaban J connectivity index is 1.15. The number of ether oxygens (including phenoxy) is 4. The molecular formula is C43H68N4O6. The molecule has 0 saturated heterocycles. The molecule has 10 nitrogen and oxygen atoms in total. The zero-order valence-corrected chi connectivity index (χ0v) is 32.7. The van der Waals surface area contributed by atoms with E-state index in [2.05, 4.69) is 45.0 Å². The number of carbonyl (C=O) groups excluding carboxylic acids is 1. The molecule has 1 aromatic heterocycles. The summed E-state index contributed by atoms with van der Waals surface area (Å²) in [7, 11) is 0. The topological polar surface area (TPSA) is 109 Å². The van der Waals surface area contributed by atoms with Gasteiger partial charge in [-0.2, -0.15) is 4.58 Å². The monoisotopic (exact) mass is 737 g/mol. The van der Waals surface area contributed by atoms with Crippen LogP contribution >= 0.6 is 0 Å². The number of benzene rings is 1. The number of carbonyl (C=O) groups is 1. The van der Waals surface area contributed by atoms with Crippen LogP contribution in [-0.2, 0) is 20.6 Å². The van der Waals surface area contributed by atoms with Gasteiger partial charge in [-0.15, -0.1) is 0 Å². The van der Waals surface area contributed by atoms with Crippen molar-refractivity contribution in [3.63, 3.8) is 0 Å². The third-order valence-corrected chi connectivity index (χ3v) is 9.50. The van der Waals surface area contributed by atoms with E-state index in [9.17, 15) is 9.90 Å². The molecule has 1 unspecified atom stereocenters. The Hall–Kier alpha value is -3.34. The van der Waals surface area contributed by atoms with Crippen molar-refractivity contribution in [2.75, 3.05) is 52.9 Å². The molecule has 0 fully saturated rings. The summed E-state index contributed by atoms with van der Waals surface area (Å²) in [5.74, 6) is -1.14. The zero-order chi connectivity index (χ0) is 37.4. The van der Waals surface area contributed by atoms with E-state index in [4.69, 9.17) is 18.9 Å². The number of hydrogen-bond donors (Lipinski definition) is 0. The summed E-state index contributed by atoms with van der Waals surface area (Å²) in [5, 5.41) is 10.9. The van der Waals surface area contributed by atoms with Gasteiger partial charge in [0.15, 0.2) is 6.20 Å². The summed E-state index contributed by atoms with van der Waals surface area (Å²) in [6.07, 6.45) is 34.0. The first kappa shape index (κ1) is 44.1. The van der Waals surface area contributed by atoms with E-state index >= 15 is 0 Å². The molecule has 3 rings (SSSR count). The standard InChI is InChI=1S/C43H68N4O6/c1-2-3-4-5-6-7-8-9-10-11-12-13-14-15-16-19-32-51-36-41(53-43-44-26-20-27-45-43)37-52-35-34-50-33-31-47-30-29-46(38-47)28-18-17-21-39-22-24-40(25-23-39)42(48)49/h20,22-30,41H,2-19,21,31-38H2,1H3. The van der Waals surface area contributed by atoms with Gasteiger partial charge in [0.05, 0.1) is 45.2 Å². The number of carboxylic acid groups (broad SMARTS) is 1. The third-order valence-electron chi connectivity index (χ3n) is 9.50. The Morgan fingerprint density at radius 3 is 1.98 bits per heavy atom. The van der Waals surface area contributed by atoms with Gasteiger partial charge in [0.2, 0.25) is 6.67 Å². The lowest BCUT2D eigenvalue weighted by molar-refractivity contribution is -0.460. The number of rotatable bonds is 34. The number of hydrogen-bond acceptors (Lipinski definition) is 9. The highest BCUT2D eigenvalue weighted by Gasteiger charge is 2.15. The number of aryl methyl sites for hydroxylation is 1. The highest BCUT2D eigenvalue weighted by molar-refractivity contribution is 5.85. The summed E-state index contributed by atoms with van der Waals surface area (Å²) in [4.78, 5) is 21.5. The number of carboxylic acids is 1. The highest BCUT2D eigenvalue weighted by Crippen LogP contribution is 2.14. The molecule has 0 amide bonds. The van der Waals surface area contributed by atoms with Crippen molar-refractivity contribution in [3.05, 3.63) is 66.3 Å². The van der Waals surface area contributed by atoms with Gasteiger partial charge in [-0.3, -0.25) is 0 Å². The van der Waals surface area contributed by atoms with Crippen molar-refractivity contribution in [3.8, 4) is 6.01 Å². The fourth-order valence-corrected chi connectivity index (χ4v) is 6.31. The third kappa shape index (κ3) is 22.5. The summed E-state index contributed by atoms with van der Waals surface area (Å²) < 4.78 is 25.9. The number of aromatic nitrogens is 2. The first-order valence-corrected chi connectivity index (χ1v) is 20.6. The molecule has 1 aliphatic rings. The normalized spacial score (nSPS) is 14.0. The van der Waals surface area contributed by atoms with Crippen molar-refractivity contribution >= 4 is 12.2 Å². The summed E-state index contributed by atoms with van der Waals surface area (Å²) in [5.41, 5.74) is 1.35. The molecule has 1 aromatic carbocycles. The average molecular weight is 737 g/mol. The molecule has 296 valence electrons. The molecule has 0 saturated carbocycles. The van der Waals surface area contributed by atoms with Gasteiger partial charge in [0, 0.05) is 32.0 Å². The van der Waals surface area contributed by atoms with Crippen molar-refractivity contribution in [1.29, 1.82) is 0 Å². The molecule has 0 bridgehead atoms. The first-order valence-electron chi connectivity index (χ1n) is 20.6. The minimum atomic E-state index is -1.14. The van der Waals surface area contributed by atoms with E-state index in [0.29, 0.717) is 39.0 Å². The second-order valence-corrected chi connectivity index (χ2v) is 14.2. The fraction of sp³-hybridized carbons (Fsp3) is 0.674. The van der Waals surface area contributed by atoms with Crippen LogP contribution in [0.2, 0.25) is 0 Å². The van der Waals surface area contributed by atoms with Gasteiger partial charge in [-0.25, -0.2) is 9.97 Å². The van der Waals surface area contributed by atoms with Gasteiger partial charge in [-0.1, -0.05) is 128 Å². The quantitative estimate of drug-likeness (QED) is 0.0527.